The van der Waals surface area contributed by atoms with Crippen LogP contribution >= 0.6 is 15.8 Å². The van der Waals surface area contributed by atoms with Gasteiger partial charge >= 0.3 is 0 Å². The van der Waals surface area contributed by atoms with Crippen molar-refractivity contribution in [2.75, 3.05) is 0 Å². The zero-order valence-electron chi connectivity index (χ0n) is 22.5. The van der Waals surface area contributed by atoms with Crippen LogP contribution in [0.1, 0.15) is 11.1 Å². The van der Waals surface area contributed by atoms with E-state index in [1.807, 2.05) is 0 Å². The monoisotopic (exact) mass is 550 g/mol. The minimum absolute atomic E-state index is 0.441. The number of hydrogen-bond acceptors (Lipinski definition) is 0. The first-order chi connectivity index (χ1) is 19.8. The Balaban J connectivity index is 1.19. The Labute approximate surface area is 240 Å². The topological polar surface area (TPSA) is 0 Å². The van der Waals surface area contributed by atoms with Crippen LogP contribution in [-0.2, 0) is 12.3 Å². The highest BCUT2D eigenvalue weighted by Gasteiger charge is 2.16. The van der Waals surface area contributed by atoms with Gasteiger partial charge in [0.15, 0.2) is 0 Å². The molecule has 0 aliphatic rings. The fourth-order valence-electron chi connectivity index (χ4n) is 5.07. The average molecular weight is 551 g/mol. The Bertz CT molecular complexity index is 1390. The van der Waals surface area contributed by atoms with Gasteiger partial charge in [-0.25, -0.2) is 0 Å². The molecule has 6 aromatic rings. The summed E-state index contributed by atoms with van der Waals surface area (Å²) in [6, 6.07) is 62.3. The lowest BCUT2D eigenvalue weighted by atomic mass is 10.0. The molecule has 0 amide bonds. The van der Waals surface area contributed by atoms with Crippen LogP contribution in [0.3, 0.4) is 0 Å². The maximum Gasteiger partial charge on any atom is 0.000744 e. The highest BCUT2D eigenvalue weighted by Crippen LogP contribution is 2.39. The van der Waals surface area contributed by atoms with E-state index in [0.717, 1.165) is 12.3 Å². The van der Waals surface area contributed by atoms with Crippen molar-refractivity contribution in [3.63, 3.8) is 0 Å². The minimum atomic E-state index is -0.441. The molecule has 0 saturated heterocycles. The van der Waals surface area contributed by atoms with Crippen LogP contribution < -0.4 is 21.2 Å². The first kappa shape index (κ1) is 26.4. The number of rotatable bonds is 9. The van der Waals surface area contributed by atoms with Gasteiger partial charge in [-0.05, 0) is 59.3 Å². The van der Waals surface area contributed by atoms with Gasteiger partial charge in [-0.2, -0.15) is 0 Å². The molecule has 0 saturated carbocycles. The first-order valence-corrected chi connectivity index (χ1v) is 16.8. The molecular weight excluding hydrogens is 518 g/mol. The molecule has 0 nitrogen and oxygen atoms in total. The molecule has 0 spiro atoms. The second kappa shape index (κ2) is 13.0. The van der Waals surface area contributed by atoms with Gasteiger partial charge in [0.05, 0.1) is 0 Å². The molecule has 0 bridgehead atoms. The van der Waals surface area contributed by atoms with Crippen molar-refractivity contribution in [1.29, 1.82) is 0 Å². The van der Waals surface area contributed by atoms with Gasteiger partial charge in [0.25, 0.3) is 0 Å². The molecule has 0 N–H and O–H groups in total. The maximum absolute atomic E-state index is 2.31. The Morgan fingerprint density at radius 2 is 0.525 bits per heavy atom. The first-order valence-electron chi connectivity index (χ1n) is 13.8. The van der Waals surface area contributed by atoms with Crippen LogP contribution in [0.15, 0.2) is 170 Å². The molecule has 6 aromatic carbocycles. The minimum Gasteiger partial charge on any atom is -0.0622 e. The molecule has 0 unspecified atom stereocenters. The zero-order chi connectivity index (χ0) is 27.0. The van der Waals surface area contributed by atoms with Crippen molar-refractivity contribution in [2.45, 2.75) is 12.3 Å². The van der Waals surface area contributed by atoms with E-state index in [9.17, 15) is 0 Å². The summed E-state index contributed by atoms with van der Waals surface area (Å²) in [6.07, 6.45) is 2.09. The van der Waals surface area contributed by atoms with E-state index < -0.39 is 15.8 Å². The largest absolute Gasteiger partial charge is 0.0622 e. The lowest BCUT2D eigenvalue weighted by Gasteiger charge is -2.19. The summed E-state index contributed by atoms with van der Waals surface area (Å²) in [5.74, 6) is 0. The van der Waals surface area contributed by atoms with Crippen LogP contribution in [0, 0.1) is 0 Å². The standard InChI is InChI=1S/C38H32P2/c1-5-13-35(14-6-1)39(36-15-7-2-8-16-36)29-31-21-25-33(26-22-31)34-27-23-32(24-28-34)30-40(37-17-9-3-10-18-37)38-19-11-4-12-20-38/h1-28H,29-30H2. The number of benzene rings is 6. The Hall–Kier alpha value is -3.82. The van der Waals surface area contributed by atoms with Gasteiger partial charge in [-0.3, -0.25) is 0 Å². The lowest BCUT2D eigenvalue weighted by molar-refractivity contribution is 1.38. The van der Waals surface area contributed by atoms with Crippen molar-refractivity contribution in [1.82, 2.24) is 0 Å². The maximum atomic E-state index is 2.31. The molecule has 194 valence electrons. The average Bonchev–Trinajstić information content (AvgIpc) is 3.05. The van der Waals surface area contributed by atoms with E-state index in [0.29, 0.717) is 0 Å². The summed E-state index contributed by atoms with van der Waals surface area (Å²) in [4.78, 5) is 0. The molecule has 0 aliphatic heterocycles. The summed E-state index contributed by atoms with van der Waals surface area (Å²) in [5, 5.41) is 5.70. The molecular formula is C38H32P2. The Kier molecular flexibility index (Phi) is 8.60. The third-order valence-corrected chi connectivity index (χ3v) is 12.2. The highest BCUT2D eigenvalue weighted by molar-refractivity contribution is 7.72. The molecule has 40 heavy (non-hydrogen) atoms. The van der Waals surface area contributed by atoms with Crippen LogP contribution in [0.4, 0.5) is 0 Å². The number of hydrogen-bond donors (Lipinski definition) is 0. The van der Waals surface area contributed by atoms with Crippen molar-refractivity contribution in [3.8, 4) is 11.1 Å². The molecule has 0 atom stereocenters. The summed E-state index contributed by atoms with van der Waals surface area (Å²) in [5.41, 5.74) is 5.31. The van der Waals surface area contributed by atoms with Crippen molar-refractivity contribution in [3.05, 3.63) is 181 Å². The fraction of sp³-hybridized carbons (Fsp3) is 0.0526. The SMILES string of the molecule is c1ccc(P(Cc2ccc(-c3ccc(CP(c4ccccc4)c4ccccc4)cc3)cc2)c2ccccc2)cc1. The van der Waals surface area contributed by atoms with Gasteiger partial charge < -0.3 is 0 Å². The molecule has 0 heterocycles. The van der Waals surface area contributed by atoms with E-state index >= 15 is 0 Å². The van der Waals surface area contributed by atoms with E-state index in [4.69, 9.17) is 0 Å². The van der Waals surface area contributed by atoms with E-state index in [2.05, 4.69) is 170 Å². The quantitative estimate of drug-likeness (QED) is 0.158. The second-order valence-corrected chi connectivity index (χ2v) is 14.3. The Morgan fingerprint density at radius 1 is 0.275 bits per heavy atom. The molecule has 0 fully saturated rings. The lowest BCUT2D eigenvalue weighted by Crippen LogP contribution is -2.12. The van der Waals surface area contributed by atoms with Gasteiger partial charge in [0.2, 0.25) is 0 Å². The second-order valence-electron chi connectivity index (χ2n) is 9.91. The zero-order valence-corrected chi connectivity index (χ0v) is 24.3. The summed E-state index contributed by atoms with van der Waals surface area (Å²) in [7, 11) is -0.882. The predicted octanol–water partition coefficient (Wildman–Crippen LogP) is 8.62. The van der Waals surface area contributed by atoms with Crippen LogP contribution in [-0.4, -0.2) is 0 Å². The molecule has 2 heteroatoms. The Morgan fingerprint density at radius 3 is 0.775 bits per heavy atom. The van der Waals surface area contributed by atoms with E-state index in [1.165, 1.54) is 43.5 Å². The van der Waals surface area contributed by atoms with E-state index in [1.54, 1.807) is 0 Å². The third-order valence-electron chi connectivity index (χ3n) is 7.19. The molecule has 0 aliphatic carbocycles. The summed E-state index contributed by atoms with van der Waals surface area (Å²) >= 11 is 0. The normalized spacial score (nSPS) is 11.2. The fourth-order valence-corrected chi connectivity index (χ4v) is 9.67. The van der Waals surface area contributed by atoms with Gasteiger partial charge in [-0.1, -0.05) is 170 Å². The van der Waals surface area contributed by atoms with Crippen molar-refractivity contribution < 1.29 is 0 Å². The third kappa shape index (κ3) is 6.48. The van der Waals surface area contributed by atoms with Crippen molar-refractivity contribution >= 4 is 37.1 Å². The van der Waals surface area contributed by atoms with Gasteiger partial charge in [0.1, 0.15) is 0 Å². The van der Waals surface area contributed by atoms with Crippen LogP contribution in [0.2, 0.25) is 0 Å². The molecule has 6 rings (SSSR count). The highest BCUT2D eigenvalue weighted by atomic mass is 31.1. The molecule has 0 radical (unpaired) electrons. The van der Waals surface area contributed by atoms with Crippen LogP contribution in [0.25, 0.3) is 11.1 Å². The summed E-state index contributed by atoms with van der Waals surface area (Å²) < 4.78 is 0. The van der Waals surface area contributed by atoms with Gasteiger partial charge in [-0.15, -0.1) is 0 Å². The van der Waals surface area contributed by atoms with E-state index in [-0.39, 0.29) is 0 Å². The van der Waals surface area contributed by atoms with Crippen molar-refractivity contribution in [2.24, 2.45) is 0 Å². The smallest absolute Gasteiger partial charge is 0.000744 e. The molecule has 0 aromatic heterocycles. The van der Waals surface area contributed by atoms with Crippen LogP contribution in [0.5, 0.6) is 0 Å². The predicted molar refractivity (Wildman–Crippen MR) is 177 cm³/mol. The summed E-state index contributed by atoms with van der Waals surface area (Å²) in [6.45, 7) is 0. The van der Waals surface area contributed by atoms with Gasteiger partial charge in [0, 0.05) is 12.3 Å².